The Bertz CT molecular complexity index is 182. The number of hydrogen-bond donors (Lipinski definition) is 1. The molecule has 0 atom stereocenters. The van der Waals surface area contributed by atoms with Crippen LogP contribution in [0.1, 0.15) is 27.7 Å². The molecular formula is C9H16O4. The zero-order valence-corrected chi connectivity index (χ0v) is 8.46. The minimum atomic E-state index is -0.935. The number of carbonyl (C=O) groups is 2. The molecule has 0 heterocycles. The third kappa shape index (κ3) is 18.0. The van der Waals surface area contributed by atoms with Crippen LogP contribution in [-0.4, -0.2) is 23.1 Å². The fourth-order valence-electron chi connectivity index (χ4n) is 0.332. The van der Waals surface area contributed by atoms with Crippen LogP contribution in [0, 0.1) is 0 Å². The second kappa shape index (κ2) is 7.34. The SMILES string of the molecule is C=C(C)C(=O)O.CC(=O)OC(C)C. The maximum absolute atomic E-state index is 10.0. The van der Waals surface area contributed by atoms with E-state index >= 15 is 0 Å². The molecule has 0 amide bonds. The smallest absolute Gasteiger partial charge is 0.330 e. The van der Waals surface area contributed by atoms with E-state index in [1.165, 1.54) is 13.8 Å². The van der Waals surface area contributed by atoms with Crippen LogP contribution in [0.15, 0.2) is 12.2 Å². The van der Waals surface area contributed by atoms with Crippen molar-refractivity contribution in [2.45, 2.75) is 33.8 Å². The van der Waals surface area contributed by atoms with Gasteiger partial charge in [0.15, 0.2) is 0 Å². The Morgan fingerprint density at radius 1 is 1.31 bits per heavy atom. The van der Waals surface area contributed by atoms with Crippen molar-refractivity contribution in [3.63, 3.8) is 0 Å². The largest absolute Gasteiger partial charge is 0.478 e. The first-order chi connectivity index (χ1) is 5.77. The Labute approximate surface area is 78.2 Å². The Kier molecular flexibility index (Phi) is 8.02. The third-order valence-electron chi connectivity index (χ3n) is 0.767. The lowest BCUT2D eigenvalue weighted by atomic mass is 10.4. The van der Waals surface area contributed by atoms with Crippen molar-refractivity contribution in [2.75, 3.05) is 0 Å². The number of esters is 1. The summed E-state index contributed by atoms with van der Waals surface area (Å²) in [5.41, 5.74) is 0.176. The number of aliphatic carboxylic acids is 1. The van der Waals surface area contributed by atoms with Crippen molar-refractivity contribution in [3.05, 3.63) is 12.2 Å². The summed E-state index contributed by atoms with van der Waals surface area (Å²) < 4.78 is 4.61. The van der Waals surface area contributed by atoms with Crippen LogP contribution in [0.25, 0.3) is 0 Å². The van der Waals surface area contributed by atoms with E-state index in [-0.39, 0.29) is 17.6 Å². The molecule has 0 bridgehead atoms. The highest BCUT2D eigenvalue weighted by molar-refractivity contribution is 5.84. The zero-order chi connectivity index (χ0) is 11.0. The predicted octanol–water partition coefficient (Wildman–Crippen LogP) is 1.60. The van der Waals surface area contributed by atoms with Gasteiger partial charge in [-0.2, -0.15) is 0 Å². The van der Waals surface area contributed by atoms with Gasteiger partial charge in [0, 0.05) is 12.5 Å². The van der Waals surface area contributed by atoms with E-state index in [1.54, 1.807) is 0 Å². The van der Waals surface area contributed by atoms with E-state index in [0.29, 0.717) is 0 Å². The molecule has 13 heavy (non-hydrogen) atoms. The van der Waals surface area contributed by atoms with Crippen molar-refractivity contribution in [2.24, 2.45) is 0 Å². The van der Waals surface area contributed by atoms with Gasteiger partial charge in [-0.05, 0) is 20.8 Å². The van der Waals surface area contributed by atoms with E-state index in [4.69, 9.17) is 5.11 Å². The van der Waals surface area contributed by atoms with Gasteiger partial charge in [-0.3, -0.25) is 4.79 Å². The van der Waals surface area contributed by atoms with Crippen LogP contribution in [-0.2, 0) is 14.3 Å². The van der Waals surface area contributed by atoms with Crippen LogP contribution in [0.4, 0.5) is 0 Å². The monoisotopic (exact) mass is 188 g/mol. The number of carboxylic acid groups (broad SMARTS) is 1. The molecule has 76 valence electrons. The Balaban J connectivity index is 0. The van der Waals surface area contributed by atoms with E-state index in [9.17, 15) is 9.59 Å². The van der Waals surface area contributed by atoms with Gasteiger partial charge in [0.05, 0.1) is 6.10 Å². The molecule has 0 rings (SSSR count). The molecule has 0 saturated heterocycles. The predicted molar refractivity (Wildman–Crippen MR) is 49.4 cm³/mol. The number of carbonyl (C=O) groups excluding carboxylic acids is 1. The first-order valence-electron chi connectivity index (χ1n) is 3.83. The van der Waals surface area contributed by atoms with Gasteiger partial charge in [0.1, 0.15) is 0 Å². The molecule has 0 saturated carbocycles. The molecule has 0 spiro atoms. The lowest BCUT2D eigenvalue weighted by Gasteiger charge is -2.01. The second-order valence-corrected chi connectivity index (χ2v) is 2.74. The molecule has 0 aliphatic rings. The first kappa shape index (κ1) is 14.2. The number of rotatable bonds is 2. The van der Waals surface area contributed by atoms with E-state index in [1.807, 2.05) is 13.8 Å². The van der Waals surface area contributed by atoms with Gasteiger partial charge in [-0.25, -0.2) is 4.79 Å². The van der Waals surface area contributed by atoms with Gasteiger partial charge < -0.3 is 9.84 Å². The Morgan fingerprint density at radius 3 is 1.62 bits per heavy atom. The molecule has 0 aromatic rings. The Morgan fingerprint density at radius 2 is 1.62 bits per heavy atom. The van der Waals surface area contributed by atoms with Crippen LogP contribution in [0.5, 0.6) is 0 Å². The summed E-state index contributed by atoms with van der Waals surface area (Å²) >= 11 is 0. The second-order valence-electron chi connectivity index (χ2n) is 2.74. The minimum absolute atomic E-state index is 0.0255. The maximum Gasteiger partial charge on any atom is 0.330 e. The summed E-state index contributed by atoms with van der Waals surface area (Å²) in [6, 6.07) is 0. The van der Waals surface area contributed by atoms with Crippen molar-refractivity contribution in [1.82, 2.24) is 0 Å². The number of hydrogen-bond acceptors (Lipinski definition) is 3. The molecule has 4 heteroatoms. The lowest BCUT2D eigenvalue weighted by Crippen LogP contribution is -2.06. The molecule has 0 aliphatic heterocycles. The molecule has 0 fully saturated rings. The molecule has 1 N–H and O–H groups in total. The van der Waals surface area contributed by atoms with Crippen molar-refractivity contribution >= 4 is 11.9 Å². The zero-order valence-electron chi connectivity index (χ0n) is 8.46. The molecule has 0 aromatic heterocycles. The average Bonchev–Trinajstić information content (AvgIpc) is 1.84. The Hall–Kier alpha value is -1.32. The molecular weight excluding hydrogens is 172 g/mol. The first-order valence-corrected chi connectivity index (χ1v) is 3.83. The van der Waals surface area contributed by atoms with Crippen LogP contribution in [0.2, 0.25) is 0 Å². The minimum Gasteiger partial charge on any atom is -0.478 e. The van der Waals surface area contributed by atoms with Crippen LogP contribution < -0.4 is 0 Å². The third-order valence-corrected chi connectivity index (χ3v) is 0.767. The summed E-state index contributed by atoms with van der Waals surface area (Å²) in [5.74, 6) is -1.15. The highest BCUT2D eigenvalue weighted by atomic mass is 16.5. The van der Waals surface area contributed by atoms with E-state index in [2.05, 4.69) is 11.3 Å². The lowest BCUT2D eigenvalue weighted by molar-refractivity contribution is -0.144. The summed E-state index contributed by atoms with van der Waals surface area (Å²) in [5, 5.41) is 7.89. The molecule has 0 unspecified atom stereocenters. The average molecular weight is 188 g/mol. The summed E-state index contributed by atoms with van der Waals surface area (Å²) in [6.45, 7) is 9.65. The van der Waals surface area contributed by atoms with Gasteiger partial charge in [0.25, 0.3) is 0 Å². The molecule has 4 nitrogen and oxygen atoms in total. The van der Waals surface area contributed by atoms with Gasteiger partial charge in [-0.1, -0.05) is 6.58 Å². The fourth-order valence-corrected chi connectivity index (χ4v) is 0.332. The molecule has 0 aromatic carbocycles. The highest BCUT2D eigenvalue weighted by Crippen LogP contribution is 1.85. The summed E-state index contributed by atoms with van der Waals surface area (Å²) in [4.78, 5) is 19.6. The van der Waals surface area contributed by atoms with Gasteiger partial charge in [0.2, 0.25) is 0 Å². The number of carboxylic acids is 1. The van der Waals surface area contributed by atoms with Crippen molar-refractivity contribution in [1.29, 1.82) is 0 Å². The van der Waals surface area contributed by atoms with E-state index < -0.39 is 5.97 Å². The summed E-state index contributed by atoms with van der Waals surface area (Å²) in [7, 11) is 0. The normalized spacial score (nSPS) is 8.38. The van der Waals surface area contributed by atoms with E-state index in [0.717, 1.165) is 0 Å². The highest BCUT2D eigenvalue weighted by Gasteiger charge is 1.93. The van der Waals surface area contributed by atoms with Gasteiger partial charge in [-0.15, -0.1) is 0 Å². The molecule has 0 aliphatic carbocycles. The molecule has 0 radical (unpaired) electrons. The standard InChI is InChI=1S/C5H10O2.C4H6O2/c1-4(2)7-5(3)6;1-3(2)4(5)6/h4H,1-3H3;1H2,2H3,(H,5,6). The maximum atomic E-state index is 10.0. The quantitative estimate of drug-likeness (QED) is 0.528. The van der Waals surface area contributed by atoms with Gasteiger partial charge >= 0.3 is 11.9 Å². The topological polar surface area (TPSA) is 63.6 Å². The van der Waals surface area contributed by atoms with Crippen molar-refractivity contribution in [3.8, 4) is 0 Å². The number of ether oxygens (including phenoxy) is 1. The van der Waals surface area contributed by atoms with Crippen LogP contribution >= 0.6 is 0 Å². The van der Waals surface area contributed by atoms with Crippen LogP contribution in [0.3, 0.4) is 0 Å². The fraction of sp³-hybridized carbons (Fsp3) is 0.556. The van der Waals surface area contributed by atoms with Crippen molar-refractivity contribution < 1.29 is 19.4 Å². The summed E-state index contributed by atoms with van der Waals surface area (Å²) in [6.07, 6.45) is 0.0255.